The standard InChI is InChI=1S/C25H20N2O4/c1-15-6-8-16(9-7-15)13-28-20-5-3-2-4-17(20)24-18-10-22-23(30-14-29-22)11-21(18)31-25(27)19(24)12-26/h2-11,24H,13-14,27H2,1H3/t24-/m0/s1. The van der Waals surface area contributed by atoms with E-state index in [9.17, 15) is 5.26 Å². The van der Waals surface area contributed by atoms with Gasteiger partial charge in [0.2, 0.25) is 12.7 Å². The lowest BCUT2D eigenvalue weighted by atomic mass is 9.83. The van der Waals surface area contributed by atoms with Crippen molar-refractivity contribution in [2.45, 2.75) is 19.4 Å². The minimum atomic E-state index is -0.447. The smallest absolute Gasteiger partial charge is 0.231 e. The number of ether oxygens (including phenoxy) is 4. The Hall–Kier alpha value is -4.11. The molecule has 3 aromatic carbocycles. The molecule has 0 aromatic heterocycles. The van der Waals surface area contributed by atoms with Crippen LogP contribution < -0.4 is 24.7 Å². The van der Waals surface area contributed by atoms with Gasteiger partial charge in [-0.1, -0.05) is 48.0 Å². The zero-order chi connectivity index (χ0) is 21.4. The highest BCUT2D eigenvalue weighted by Crippen LogP contribution is 2.49. The van der Waals surface area contributed by atoms with Gasteiger partial charge >= 0.3 is 0 Å². The predicted octanol–water partition coefficient (Wildman–Crippen LogP) is 4.52. The Kier molecular flexibility index (Phi) is 4.64. The Morgan fingerprint density at radius 3 is 2.52 bits per heavy atom. The van der Waals surface area contributed by atoms with E-state index in [1.54, 1.807) is 6.07 Å². The lowest BCUT2D eigenvalue weighted by Crippen LogP contribution is -2.21. The summed E-state index contributed by atoms with van der Waals surface area (Å²) in [7, 11) is 0. The average molecular weight is 412 g/mol. The molecule has 0 bridgehead atoms. The monoisotopic (exact) mass is 412 g/mol. The predicted molar refractivity (Wildman–Crippen MR) is 114 cm³/mol. The van der Waals surface area contributed by atoms with Crippen molar-refractivity contribution in [1.82, 2.24) is 0 Å². The van der Waals surface area contributed by atoms with Crippen LogP contribution in [0, 0.1) is 18.3 Å². The summed E-state index contributed by atoms with van der Waals surface area (Å²) in [5.74, 6) is 2.06. The summed E-state index contributed by atoms with van der Waals surface area (Å²) in [6.45, 7) is 2.61. The molecule has 154 valence electrons. The van der Waals surface area contributed by atoms with Gasteiger partial charge < -0.3 is 24.7 Å². The highest BCUT2D eigenvalue weighted by molar-refractivity contribution is 5.63. The van der Waals surface area contributed by atoms with Crippen LogP contribution in [0.3, 0.4) is 0 Å². The Bertz CT molecular complexity index is 1230. The fraction of sp³-hybridized carbons (Fsp3) is 0.160. The number of fused-ring (bicyclic) bond motifs is 2. The van der Waals surface area contributed by atoms with Crippen molar-refractivity contribution >= 4 is 0 Å². The third-order valence-electron chi connectivity index (χ3n) is 5.46. The number of hydrogen-bond donors (Lipinski definition) is 1. The van der Waals surface area contributed by atoms with Crippen molar-refractivity contribution in [1.29, 1.82) is 5.26 Å². The van der Waals surface area contributed by atoms with E-state index in [0.717, 1.165) is 16.7 Å². The van der Waals surface area contributed by atoms with Crippen LogP contribution in [0.2, 0.25) is 0 Å². The van der Waals surface area contributed by atoms with E-state index in [2.05, 4.69) is 18.2 Å². The second kappa shape index (κ2) is 7.62. The summed E-state index contributed by atoms with van der Waals surface area (Å²) < 4.78 is 22.9. The van der Waals surface area contributed by atoms with Gasteiger partial charge in [0.15, 0.2) is 11.5 Å². The summed E-state index contributed by atoms with van der Waals surface area (Å²) in [4.78, 5) is 0. The lowest BCUT2D eigenvalue weighted by Gasteiger charge is -2.28. The molecule has 0 radical (unpaired) electrons. The van der Waals surface area contributed by atoms with Crippen molar-refractivity contribution in [3.63, 3.8) is 0 Å². The van der Waals surface area contributed by atoms with Crippen LogP contribution in [0.25, 0.3) is 0 Å². The maximum atomic E-state index is 9.87. The SMILES string of the molecule is Cc1ccc(COc2ccccc2[C@@H]2C(C#N)=C(N)Oc3cc4c(cc32)OCO4)cc1. The van der Waals surface area contributed by atoms with E-state index in [1.165, 1.54) is 5.56 Å². The molecule has 1 atom stereocenters. The number of benzene rings is 3. The summed E-state index contributed by atoms with van der Waals surface area (Å²) in [6.07, 6.45) is 0. The second-order valence-electron chi connectivity index (χ2n) is 7.48. The van der Waals surface area contributed by atoms with Crippen LogP contribution in [-0.4, -0.2) is 6.79 Å². The topological polar surface area (TPSA) is 86.7 Å². The van der Waals surface area contributed by atoms with Crippen molar-refractivity contribution in [3.05, 3.63) is 94.4 Å². The molecule has 5 rings (SSSR count). The van der Waals surface area contributed by atoms with Gasteiger partial charge in [0.1, 0.15) is 29.7 Å². The summed E-state index contributed by atoms with van der Waals surface area (Å²) in [6, 6.07) is 21.7. The van der Waals surface area contributed by atoms with Crippen LogP contribution in [0.4, 0.5) is 0 Å². The molecule has 0 amide bonds. The minimum Gasteiger partial charge on any atom is -0.489 e. The quantitative estimate of drug-likeness (QED) is 0.678. The Morgan fingerprint density at radius 1 is 1.00 bits per heavy atom. The number of rotatable bonds is 4. The first-order chi connectivity index (χ1) is 15.1. The normalized spacial score (nSPS) is 16.3. The molecule has 0 unspecified atom stereocenters. The van der Waals surface area contributed by atoms with Crippen molar-refractivity contribution < 1.29 is 18.9 Å². The average Bonchev–Trinajstić information content (AvgIpc) is 3.24. The lowest BCUT2D eigenvalue weighted by molar-refractivity contribution is 0.174. The van der Waals surface area contributed by atoms with Gasteiger partial charge in [0, 0.05) is 17.2 Å². The Balaban J connectivity index is 1.56. The van der Waals surface area contributed by atoms with Crippen LogP contribution in [-0.2, 0) is 6.61 Å². The van der Waals surface area contributed by atoms with Crippen molar-refractivity contribution in [3.8, 4) is 29.1 Å². The van der Waals surface area contributed by atoms with Crippen LogP contribution in [0.15, 0.2) is 72.1 Å². The number of nitrogens with zero attached hydrogens (tertiary/aromatic N) is 1. The number of para-hydroxylation sites is 1. The molecule has 0 fully saturated rings. The molecule has 6 nitrogen and oxygen atoms in total. The van der Waals surface area contributed by atoms with Gasteiger partial charge in [-0.25, -0.2) is 0 Å². The molecule has 2 heterocycles. The Labute approximate surface area is 180 Å². The molecule has 2 aliphatic rings. The summed E-state index contributed by atoms with van der Waals surface area (Å²) >= 11 is 0. The van der Waals surface area contributed by atoms with Gasteiger partial charge in [0.05, 0.1) is 5.92 Å². The molecule has 2 aliphatic heterocycles. The van der Waals surface area contributed by atoms with Crippen molar-refractivity contribution in [2.75, 3.05) is 6.79 Å². The number of nitriles is 1. The van der Waals surface area contributed by atoms with Gasteiger partial charge in [0.25, 0.3) is 0 Å². The van der Waals surface area contributed by atoms with Crippen LogP contribution in [0.5, 0.6) is 23.0 Å². The van der Waals surface area contributed by atoms with E-state index < -0.39 is 5.92 Å². The zero-order valence-corrected chi connectivity index (χ0v) is 16.9. The number of aryl methyl sites for hydroxylation is 1. The van der Waals surface area contributed by atoms with E-state index in [4.69, 9.17) is 24.7 Å². The van der Waals surface area contributed by atoms with Crippen LogP contribution in [0.1, 0.15) is 28.2 Å². The molecule has 0 aliphatic carbocycles. The molecule has 0 saturated carbocycles. The maximum absolute atomic E-state index is 9.87. The highest BCUT2D eigenvalue weighted by atomic mass is 16.7. The second-order valence-corrected chi connectivity index (χ2v) is 7.48. The number of nitrogens with two attached hydrogens (primary N) is 1. The van der Waals surface area contributed by atoms with Crippen molar-refractivity contribution in [2.24, 2.45) is 5.73 Å². The van der Waals surface area contributed by atoms with Gasteiger partial charge in [-0.15, -0.1) is 0 Å². The van der Waals surface area contributed by atoms with Gasteiger partial charge in [-0.2, -0.15) is 5.26 Å². The summed E-state index contributed by atoms with van der Waals surface area (Å²) in [5.41, 5.74) is 10.3. The number of hydrogen-bond acceptors (Lipinski definition) is 6. The van der Waals surface area contributed by atoms with Gasteiger partial charge in [-0.3, -0.25) is 0 Å². The van der Waals surface area contributed by atoms with E-state index in [0.29, 0.717) is 35.2 Å². The molecule has 6 heteroatoms. The molecule has 0 saturated heterocycles. The molecular formula is C25H20N2O4. The van der Waals surface area contributed by atoms with E-state index >= 15 is 0 Å². The van der Waals surface area contributed by atoms with Gasteiger partial charge in [-0.05, 0) is 24.6 Å². The first-order valence-corrected chi connectivity index (χ1v) is 9.92. The molecule has 0 spiro atoms. The first-order valence-electron chi connectivity index (χ1n) is 9.92. The first kappa shape index (κ1) is 18.9. The fourth-order valence-corrected chi connectivity index (χ4v) is 3.86. The molecule has 31 heavy (non-hydrogen) atoms. The maximum Gasteiger partial charge on any atom is 0.231 e. The zero-order valence-electron chi connectivity index (χ0n) is 16.9. The van der Waals surface area contributed by atoms with E-state index in [-0.39, 0.29) is 12.7 Å². The molecular weight excluding hydrogens is 392 g/mol. The minimum absolute atomic E-state index is 0.0761. The van der Waals surface area contributed by atoms with Crippen LogP contribution >= 0.6 is 0 Å². The fourth-order valence-electron chi connectivity index (χ4n) is 3.86. The molecule has 3 aromatic rings. The summed E-state index contributed by atoms with van der Waals surface area (Å²) in [5, 5.41) is 9.87. The Morgan fingerprint density at radius 2 is 1.74 bits per heavy atom. The third-order valence-corrected chi connectivity index (χ3v) is 5.46. The largest absolute Gasteiger partial charge is 0.489 e. The number of allylic oxidation sites excluding steroid dienone is 1. The third kappa shape index (κ3) is 3.40. The highest BCUT2D eigenvalue weighted by Gasteiger charge is 2.34. The van der Waals surface area contributed by atoms with E-state index in [1.807, 2.05) is 49.4 Å². The molecule has 2 N–H and O–H groups in total.